The van der Waals surface area contributed by atoms with Crippen LogP contribution in [0.4, 0.5) is 14.9 Å². The summed E-state index contributed by atoms with van der Waals surface area (Å²) in [4.78, 5) is 13.3. The van der Waals surface area contributed by atoms with Gasteiger partial charge in [0.2, 0.25) is 0 Å². The molecule has 0 aliphatic heterocycles. The van der Waals surface area contributed by atoms with Gasteiger partial charge in [0.05, 0.1) is 6.04 Å². The summed E-state index contributed by atoms with van der Waals surface area (Å²) in [5, 5.41) is 16.4. The number of benzene rings is 4. The van der Waals surface area contributed by atoms with Crippen LogP contribution in [-0.2, 0) is 12.2 Å². The molecule has 0 saturated carbocycles. The van der Waals surface area contributed by atoms with Gasteiger partial charge in [0.1, 0.15) is 5.82 Å². The number of aryl methyl sites for hydroxylation is 2. The van der Waals surface area contributed by atoms with Crippen molar-refractivity contribution < 1.29 is 9.18 Å². The molecule has 5 aromatic rings. The van der Waals surface area contributed by atoms with Gasteiger partial charge in [0.15, 0.2) is 11.0 Å². The minimum atomic E-state index is -0.507. The summed E-state index contributed by atoms with van der Waals surface area (Å²) in [7, 11) is 0. The molecule has 2 amide bonds. The summed E-state index contributed by atoms with van der Waals surface area (Å²) in [5.41, 5.74) is 5.52. The third-order valence-electron chi connectivity index (χ3n) is 6.56. The Morgan fingerprint density at radius 1 is 0.927 bits per heavy atom. The maximum Gasteiger partial charge on any atom is 0.319 e. The van der Waals surface area contributed by atoms with Crippen molar-refractivity contribution in [3.8, 4) is 5.69 Å². The van der Waals surface area contributed by atoms with Crippen molar-refractivity contribution in [2.45, 2.75) is 37.2 Å². The second-order valence-corrected chi connectivity index (χ2v) is 11.1. The summed E-state index contributed by atoms with van der Waals surface area (Å²) in [6.45, 7) is 3.94. The van der Waals surface area contributed by atoms with E-state index in [2.05, 4.69) is 20.8 Å². The van der Waals surface area contributed by atoms with Crippen LogP contribution in [-0.4, -0.2) is 20.8 Å². The fourth-order valence-electron chi connectivity index (χ4n) is 4.32. The molecule has 5 rings (SSSR count). The van der Waals surface area contributed by atoms with Gasteiger partial charge in [0, 0.05) is 28.6 Å². The second kappa shape index (κ2) is 13.0. The number of urea groups is 1. The molecule has 2 N–H and O–H groups in total. The number of carbonyl (C=O) groups is 1. The highest BCUT2D eigenvalue weighted by molar-refractivity contribution is 7.98. The van der Waals surface area contributed by atoms with Crippen molar-refractivity contribution in [1.82, 2.24) is 20.1 Å². The molecular weight excluding hydrogens is 557 g/mol. The van der Waals surface area contributed by atoms with Crippen LogP contribution in [0.3, 0.4) is 0 Å². The van der Waals surface area contributed by atoms with Crippen LogP contribution in [0.1, 0.15) is 34.1 Å². The third kappa shape index (κ3) is 7.34. The number of halogens is 2. The molecule has 4 aromatic carbocycles. The molecule has 208 valence electrons. The normalized spacial score (nSPS) is 11.7. The molecule has 0 spiro atoms. The number of aromatic nitrogens is 3. The fourth-order valence-corrected chi connectivity index (χ4v) is 5.41. The largest absolute Gasteiger partial charge is 0.327 e. The molecule has 41 heavy (non-hydrogen) atoms. The Bertz CT molecular complexity index is 1630. The van der Waals surface area contributed by atoms with E-state index in [4.69, 9.17) is 11.6 Å². The van der Waals surface area contributed by atoms with E-state index in [0.29, 0.717) is 33.9 Å². The fraction of sp³-hybridized carbons (Fsp3) is 0.156. The summed E-state index contributed by atoms with van der Waals surface area (Å²) in [6.07, 6.45) is 0.496. The topological polar surface area (TPSA) is 71.8 Å². The van der Waals surface area contributed by atoms with Crippen molar-refractivity contribution in [3.63, 3.8) is 0 Å². The summed E-state index contributed by atoms with van der Waals surface area (Å²) >= 11 is 7.77. The Hall–Kier alpha value is -4.14. The lowest BCUT2D eigenvalue weighted by Crippen LogP contribution is -2.35. The Morgan fingerprint density at radius 3 is 2.37 bits per heavy atom. The Morgan fingerprint density at radius 2 is 1.66 bits per heavy atom. The molecule has 0 aliphatic carbocycles. The van der Waals surface area contributed by atoms with Gasteiger partial charge in [-0.1, -0.05) is 89.6 Å². The number of anilines is 1. The lowest BCUT2D eigenvalue weighted by atomic mass is 10.1. The van der Waals surface area contributed by atoms with Gasteiger partial charge in [-0.25, -0.2) is 9.18 Å². The number of nitrogens with one attached hydrogen (secondary N) is 2. The first-order chi connectivity index (χ1) is 19.9. The number of rotatable bonds is 9. The lowest BCUT2D eigenvalue weighted by molar-refractivity contribution is 0.247. The van der Waals surface area contributed by atoms with Crippen molar-refractivity contribution in [2.24, 2.45) is 0 Å². The summed E-state index contributed by atoms with van der Waals surface area (Å²) in [6, 6.07) is 28.9. The molecular formula is C32H29ClFN5OS. The van der Waals surface area contributed by atoms with Crippen LogP contribution in [0.2, 0.25) is 5.02 Å². The zero-order valence-corrected chi connectivity index (χ0v) is 24.2. The molecule has 1 atom stereocenters. The van der Waals surface area contributed by atoms with Crippen molar-refractivity contribution in [1.29, 1.82) is 0 Å². The molecule has 1 aromatic heterocycles. The maximum absolute atomic E-state index is 13.4. The highest BCUT2D eigenvalue weighted by Crippen LogP contribution is 2.29. The first kappa shape index (κ1) is 28.4. The first-order valence-electron chi connectivity index (χ1n) is 13.1. The number of hydrogen-bond donors (Lipinski definition) is 2. The van der Waals surface area contributed by atoms with Crippen molar-refractivity contribution in [3.05, 3.63) is 136 Å². The predicted octanol–water partition coefficient (Wildman–Crippen LogP) is 8.07. The van der Waals surface area contributed by atoms with Gasteiger partial charge >= 0.3 is 6.03 Å². The van der Waals surface area contributed by atoms with Crippen molar-refractivity contribution in [2.75, 3.05) is 5.32 Å². The SMILES string of the molecule is Cc1ccc(-n2c(SCc3ccc(F)cc3)nnc2C(Cc2ccccc2)NC(=O)Nc2ccc(C)c(Cl)c2)cc1. The average molecular weight is 586 g/mol. The second-order valence-electron chi connectivity index (χ2n) is 9.73. The van der Waals surface area contributed by atoms with E-state index >= 15 is 0 Å². The number of carbonyl (C=O) groups excluding carboxylic acids is 1. The van der Waals surface area contributed by atoms with E-state index in [9.17, 15) is 9.18 Å². The third-order valence-corrected chi connectivity index (χ3v) is 7.97. The number of amides is 2. The number of hydrogen-bond acceptors (Lipinski definition) is 4. The van der Waals surface area contributed by atoms with Crippen LogP contribution in [0.15, 0.2) is 102 Å². The Balaban J connectivity index is 1.49. The van der Waals surface area contributed by atoms with Gasteiger partial charge in [-0.15, -0.1) is 10.2 Å². The molecule has 1 unspecified atom stereocenters. The van der Waals surface area contributed by atoms with Crippen LogP contribution in [0.25, 0.3) is 5.69 Å². The average Bonchev–Trinajstić information content (AvgIpc) is 3.39. The summed E-state index contributed by atoms with van der Waals surface area (Å²) in [5.74, 6) is 0.900. The van der Waals surface area contributed by atoms with E-state index in [0.717, 1.165) is 27.9 Å². The van der Waals surface area contributed by atoms with Gasteiger partial charge in [-0.2, -0.15) is 0 Å². The smallest absolute Gasteiger partial charge is 0.319 e. The van der Waals surface area contributed by atoms with E-state index in [-0.39, 0.29) is 11.8 Å². The monoisotopic (exact) mass is 585 g/mol. The molecule has 0 aliphatic rings. The van der Waals surface area contributed by atoms with Crippen molar-refractivity contribution >= 4 is 35.1 Å². The van der Waals surface area contributed by atoms with Gasteiger partial charge in [-0.05, 0) is 66.9 Å². The molecule has 0 bridgehead atoms. The molecule has 0 radical (unpaired) electrons. The standard InChI is InChI=1S/C32H29ClFN5OS/c1-21-8-16-27(17-9-21)39-30(37-38-32(39)41-20-24-11-13-25(34)14-12-24)29(18-23-6-4-3-5-7-23)36-31(40)35-26-15-10-22(2)28(33)19-26/h3-17,19,29H,18,20H2,1-2H3,(H2,35,36,40). The van der Waals surface area contributed by atoms with E-state index in [1.165, 1.54) is 23.9 Å². The first-order valence-corrected chi connectivity index (χ1v) is 14.5. The molecule has 1 heterocycles. The summed E-state index contributed by atoms with van der Waals surface area (Å²) < 4.78 is 15.4. The quantitative estimate of drug-likeness (QED) is 0.172. The zero-order chi connectivity index (χ0) is 28.8. The molecule has 0 fully saturated rings. The Labute approximate surface area is 248 Å². The highest BCUT2D eigenvalue weighted by Gasteiger charge is 2.25. The molecule has 6 nitrogen and oxygen atoms in total. The van der Waals surface area contributed by atoms with Crippen LogP contribution in [0, 0.1) is 19.7 Å². The lowest BCUT2D eigenvalue weighted by Gasteiger charge is -2.21. The number of thioether (sulfide) groups is 1. The number of nitrogens with zero attached hydrogens (tertiary/aromatic N) is 3. The van der Waals surface area contributed by atoms with Gasteiger partial charge < -0.3 is 10.6 Å². The maximum atomic E-state index is 13.4. The van der Waals surface area contributed by atoms with Crippen LogP contribution >= 0.6 is 23.4 Å². The minimum absolute atomic E-state index is 0.273. The van der Waals surface area contributed by atoms with E-state index < -0.39 is 6.04 Å². The van der Waals surface area contributed by atoms with E-state index in [1.807, 2.05) is 85.1 Å². The molecule has 0 saturated heterocycles. The van der Waals surface area contributed by atoms with Gasteiger partial charge in [0.25, 0.3) is 0 Å². The minimum Gasteiger partial charge on any atom is -0.327 e. The Kier molecular flexibility index (Phi) is 9.01. The zero-order valence-electron chi connectivity index (χ0n) is 22.6. The van der Waals surface area contributed by atoms with Crippen LogP contribution < -0.4 is 10.6 Å². The predicted molar refractivity (Wildman–Crippen MR) is 163 cm³/mol. The van der Waals surface area contributed by atoms with Crippen LogP contribution in [0.5, 0.6) is 0 Å². The highest BCUT2D eigenvalue weighted by atomic mass is 35.5. The van der Waals surface area contributed by atoms with Gasteiger partial charge in [-0.3, -0.25) is 4.57 Å². The molecule has 9 heteroatoms. The van der Waals surface area contributed by atoms with E-state index in [1.54, 1.807) is 18.2 Å².